The van der Waals surface area contributed by atoms with Gasteiger partial charge >= 0.3 is 12.0 Å². The molecule has 0 aliphatic heterocycles. The second-order valence-corrected chi connectivity index (χ2v) is 5.17. The molecule has 2 amide bonds. The Bertz CT molecular complexity index is 512. The molecule has 0 aliphatic rings. The lowest BCUT2D eigenvalue weighted by Crippen LogP contribution is -2.43. The quantitative estimate of drug-likeness (QED) is 0.659. The smallest absolute Gasteiger partial charge is 0.319 e. The van der Waals surface area contributed by atoms with Gasteiger partial charge in [0.1, 0.15) is 0 Å². The lowest BCUT2D eigenvalue weighted by molar-refractivity contribution is -0.141. The average Bonchev–Trinajstić information content (AvgIpc) is 2.30. The summed E-state index contributed by atoms with van der Waals surface area (Å²) in [4.78, 5) is 22.2. The van der Waals surface area contributed by atoms with E-state index in [9.17, 15) is 14.7 Å². The molecule has 1 atom stereocenters. The molecule has 6 nitrogen and oxygen atoms in total. The van der Waals surface area contributed by atoms with Crippen LogP contribution in [0.2, 0.25) is 0 Å². The molecule has 0 aromatic heterocycles. The van der Waals surface area contributed by atoms with Crippen molar-refractivity contribution in [1.29, 1.82) is 0 Å². The molecule has 20 heavy (non-hydrogen) atoms. The van der Waals surface area contributed by atoms with Gasteiger partial charge in [-0.05, 0) is 44.0 Å². The zero-order valence-corrected chi connectivity index (χ0v) is 11.9. The second-order valence-electron chi connectivity index (χ2n) is 5.17. The fraction of sp³-hybridized carbons (Fsp3) is 0.429. The summed E-state index contributed by atoms with van der Waals surface area (Å²) in [7, 11) is 0. The first-order chi connectivity index (χ1) is 9.19. The number of nitrogens with one attached hydrogen (secondary N) is 2. The molecule has 110 valence electrons. The van der Waals surface area contributed by atoms with Gasteiger partial charge in [0.15, 0.2) is 0 Å². The molecule has 6 heteroatoms. The highest BCUT2D eigenvalue weighted by Gasteiger charge is 2.24. The molecule has 1 rings (SSSR count). The SMILES string of the molecule is Cc1ccc(NC(=O)NCC(C)(O)CC(=O)O)cc1C. The molecule has 1 unspecified atom stereocenters. The highest BCUT2D eigenvalue weighted by Crippen LogP contribution is 2.14. The molecule has 1 aromatic carbocycles. The third-order valence-corrected chi connectivity index (χ3v) is 2.93. The summed E-state index contributed by atoms with van der Waals surface area (Å²) in [5, 5.41) is 23.4. The lowest BCUT2D eigenvalue weighted by atomic mass is 10.0. The Kier molecular flexibility index (Phi) is 5.10. The van der Waals surface area contributed by atoms with E-state index in [0.29, 0.717) is 5.69 Å². The van der Waals surface area contributed by atoms with Crippen LogP contribution < -0.4 is 10.6 Å². The van der Waals surface area contributed by atoms with Crippen molar-refractivity contribution in [2.75, 3.05) is 11.9 Å². The van der Waals surface area contributed by atoms with Gasteiger partial charge in [0.25, 0.3) is 0 Å². The van der Waals surface area contributed by atoms with Crippen LogP contribution in [-0.2, 0) is 4.79 Å². The van der Waals surface area contributed by atoms with E-state index >= 15 is 0 Å². The summed E-state index contributed by atoms with van der Waals surface area (Å²) in [6.07, 6.45) is -0.434. The van der Waals surface area contributed by atoms with Gasteiger partial charge in [-0.2, -0.15) is 0 Å². The summed E-state index contributed by atoms with van der Waals surface area (Å²) >= 11 is 0. The predicted molar refractivity (Wildman–Crippen MR) is 75.8 cm³/mol. The number of carboxylic acid groups (broad SMARTS) is 1. The minimum absolute atomic E-state index is 0.143. The standard InChI is InChI=1S/C14H20N2O4/c1-9-4-5-11(6-10(9)2)16-13(19)15-8-14(3,20)7-12(17)18/h4-6,20H,7-8H2,1-3H3,(H,17,18)(H2,15,16,19). The van der Waals surface area contributed by atoms with Crippen molar-refractivity contribution >= 4 is 17.7 Å². The molecular weight excluding hydrogens is 260 g/mol. The van der Waals surface area contributed by atoms with Gasteiger partial charge < -0.3 is 20.8 Å². The number of carbonyl (C=O) groups is 2. The average molecular weight is 280 g/mol. The van der Waals surface area contributed by atoms with Crippen LogP contribution >= 0.6 is 0 Å². The number of carboxylic acids is 1. The molecule has 0 saturated heterocycles. The van der Waals surface area contributed by atoms with Gasteiger partial charge in [0, 0.05) is 12.2 Å². The van der Waals surface area contributed by atoms with Gasteiger partial charge in [-0.25, -0.2) is 4.79 Å². The van der Waals surface area contributed by atoms with E-state index in [0.717, 1.165) is 11.1 Å². The topological polar surface area (TPSA) is 98.7 Å². The Morgan fingerprint density at radius 1 is 1.25 bits per heavy atom. The van der Waals surface area contributed by atoms with Crippen LogP contribution in [0.3, 0.4) is 0 Å². The summed E-state index contributed by atoms with van der Waals surface area (Å²) in [5.41, 5.74) is 1.34. The van der Waals surface area contributed by atoms with Crippen molar-refractivity contribution in [1.82, 2.24) is 5.32 Å². The molecule has 0 heterocycles. The summed E-state index contributed by atoms with van der Waals surface area (Å²) in [5.74, 6) is -1.12. The number of carbonyl (C=O) groups excluding carboxylic acids is 1. The Labute approximate surface area is 117 Å². The molecule has 0 fully saturated rings. The lowest BCUT2D eigenvalue weighted by Gasteiger charge is -2.21. The van der Waals surface area contributed by atoms with Crippen molar-refractivity contribution in [3.8, 4) is 0 Å². The van der Waals surface area contributed by atoms with E-state index in [4.69, 9.17) is 5.11 Å². The molecule has 0 aliphatic carbocycles. The molecule has 0 saturated carbocycles. The maximum atomic E-state index is 11.7. The van der Waals surface area contributed by atoms with E-state index in [1.807, 2.05) is 26.0 Å². The van der Waals surface area contributed by atoms with Crippen molar-refractivity contribution < 1.29 is 19.8 Å². The van der Waals surface area contributed by atoms with Crippen molar-refractivity contribution in [2.45, 2.75) is 32.8 Å². The third kappa shape index (κ3) is 5.27. The van der Waals surface area contributed by atoms with E-state index < -0.39 is 24.0 Å². The van der Waals surface area contributed by atoms with Gasteiger partial charge in [0.05, 0.1) is 12.0 Å². The monoisotopic (exact) mass is 280 g/mol. The highest BCUT2D eigenvalue weighted by atomic mass is 16.4. The Morgan fingerprint density at radius 3 is 2.45 bits per heavy atom. The third-order valence-electron chi connectivity index (χ3n) is 2.93. The summed E-state index contributed by atoms with van der Waals surface area (Å²) in [6, 6.07) is 5.02. The summed E-state index contributed by atoms with van der Waals surface area (Å²) < 4.78 is 0. The molecular formula is C14H20N2O4. The number of aryl methyl sites for hydroxylation is 2. The Morgan fingerprint density at radius 2 is 1.90 bits per heavy atom. The largest absolute Gasteiger partial charge is 0.481 e. The number of benzene rings is 1. The van der Waals surface area contributed by atoms with Gasteiger partial charge in [-0.1, -0.05) is 6.07 Å². The second kappa shape index (κ2) is 6.38. The van der Waals surface area contributed by atoms with Crippen LogP contribution in [0.4, 0.5) is 10.5 Å². The van der Waals surface area contributed by atoms with Crippen LogP contribution in [-0.4, -0.2) is 34.4 Å². The maximum Gasteiger partial charge on any atom is 0.319 e. The number of urea groups is 1. The zero-order valence-electron chi connectivity index (χ0n) is 11.9. The minimum Gasteiger partial charge on any atom is -0.481 e. The molecule has 4 N–H and O–H groups in total. The van der Waals surface area contributed by atoms with E-state index in [-0.39, 0.29) is 6.54 Å². The zero-order chi connectivity index (χ0) is 15.3. The number of amides is 2. The Hall–Kier alpha value is -2.08. The number of hydrogen-bond acceptors (Lipinski definition) is 3. The van der Waals surface area contributed by atoms with Crippen LogP contribution in [0, 0.1) is 13.8 Å². The van der Waals surface area contributed by atoms with E-state index in [2.05, 4.69) is 10.6 Å². The van der Waals surface area contributed by atoms with E-state index in [1.165, 1.54) is 6.92 Å². The van der Waals surface area contributed by atoms with Crippen LogP contribution in [0.25, 0.3) is 0 Å². The minimum atomic E-state index is -1.48. The molecule has 0 bridgehead atoms. The molecule has 0 spiro atoms. The Balaban J connectivity index is 2.51. The fourth-order valence-electron chi connectivity index (χ4n) is 1.65. The number of aliphatic carboxylic acids is 1. The first kappa shape index (κ1) is 16.0. The van der Waals surface area contributed by atoms with Gasteiger partial charge in [-0.15, -0.1) is 0 Å². The maximum absolute atomic E-state index is 11.7. The first-order valence-electron chi connectivity index (χ1n) is 6.26. The predicted octanol–water partition coefficient (Wildman–Crippen LogP) is 1.65. The molecule has 1 aromatic rings. The normalized spacial score (nSPS) is 13.4. The van der Waals surface area contributed by atoms with Crippen molar-refractivity contribution in [3.05, 3.63) is 29.3 Å². The first-order valence-corrected chi connectivity index (χ1v) is 6.26. The number of rotatable bonds is 5. The number of hydrogen-bond donors (Lipinski definition) is 4. The fourth-order valence-corrected chi connectivity index (χ4v) is 1.65. The van der Waals surface area contributed by atoms with E-state index in [1.54, 1.807) is 6.07 Å². The van der Waals surface area contributed by atoms with Crippen LogP contribution in [0.1, 0.15) is 24.5 Å². The highest BCUT2D eigenvalue weighted by molar-refractivity contribution is 5.89. The molecule has 0 radical (unpaired) electrons. The van der Waals surface area contributed by atoms with Gasteiger partial charge in [-0.3, -0.25) is 4.79 Å². The summed E-state index contributed by atoms with van der Waals surface area (Å²) in [6.45, 7) is 5.13. The van der Waals surface area contributed by atoms with Crippen LogP contribution in [0.15, 0.2) is 18.2 Å². The van der Waals surface area contributed by atoms with Crippen LogP contribution in [0.5, 0.6) is 0 Å². The number of aliphatic hydroxyl groups is 1. The van der Waals surface area contributed by atoms with Gasteiger partial charge in [0.2, 0.25) is 0 Å². The van der Waals surface area contributed by atoms with Crippen molar-refractivity contribution in [2.24, 2.45) is 0 Å². The number of anilines is 1. The van der Waals surface area contributed by atoms with Crippen molar-refractivity contribution in [3.63, 3.8) is 0 Å².